The molecule has 1 aromatic carbocycles. The van der Waals surface area contributed by atoms with Crippen molar-refractivity contribution in [1.29, 1.82) is 0 Å². The second-order valence-corrected chi connectivity index (χ2v) is 3.84. The highest BCUT2D eigenvalue weighted by Gasteiger charge is 2.05. The fourth-order valence-electron chi connectivity index (χ4n) is 1.47. The van der Waals surface area contributed by atoms with E-state index in [2.05, 4.69) is 25.7 Å². The molecule has 1 heterocycles. The fraction of sp³-hybridized carbons (Fsp3) is 0.167. The summed E-state index contributed by atoms with van der Waals surface area (Å²) in [5, 5.41) is 19.7. The Morgan fingerprint density at radius 2 is 2.30 bits per heavy atom. The highest BCUT2D eigenvalue weighted by atomic mass is 16.5. The minimum atomic E-state index is -0.572. The van der Waals surface area contributed by atoms with E-state index in [1.165, 1.54) is 13.3 Å². The van der Waals surface area contributed by atoms with Crippen molar-refractivity contribution >= 4 is 12.0 Å². The van der Waals surface area contributed by atoms with Crippen LogP contribution >= 0.6 is 0 Å². The molecule has 0 aliphatic heterocycles. The van der Waals surface area contributed by atoms with Gasteiger partial charge in [0.25, 0.3) is 0 Å². The van der Waals surface area contributed by atoms with Gasteiger partial charge >= 0.3 is 5.69 Å². The number of phenolic OH excluding ortho intramolecular Hbond substituents is 1. The van der Waals surface area contributed by atoms with Gasteiger partial charge in [-0.1, -0.05) is 6.07 Å². The summed E-state index contributed by atoms with van der Waals surface area (Å²) in [6.07, 6.45) is 1.39. The van der Waals surface area contributed by atoms with Gasteiger partial charge in [0.05, 0.1) is 13.3 Å². The summed E-state index contributed by atoms with van der Waals surface area (Å²) < 4.78 is 4.99. The topological polar surface area (TPSA) is 112 Å². The summed E-state index contributed by atoms with van der Waals surface area (Å²) in [6.45, 7) is 1.67. The predicted octanol–water partition coefficient (Wildman–Crippen LogP) is 0.634. The number of benzene rings is 1. The second kappa shape index (κ2) is 5.83. The van der Waals surface area contributed by atoms with Crippen LogP contribution in [0.5, 0.6) is 11.5 Å². The summed E-state index contributed by atoms with van der Waals surface area (Å²) in [7, 11) is 1.46. The molecule has 0 saturated heterocycles. The first-order valence-corrected chi connectivity index (χ1v) is 5.70. The second-order valence-electron chi connectivity index (χ2n) is 3.84. The number of phenols is 1. The minimum absolute atomic E-state index is 0.0192. The van der Waals surface area contributed by atoms with E-state index in [0.717, 1.165) is 0 Å². The SMILES string of the molecule is COc1cccc(C=NNc2nc(=O)[nH]nc2C)c1O. The number of anilines is 1. The Balaban J connectivity index is 2.18. The number of aromatic hydroxyl groups is 1. The van der Waals surface area contributed by atoms with Gasteiger partial charge in [-0.25, -0.2) is 9.89 Å². The first kappa shape index (κ1) is 13.5. The first-order valence-electron chi connectivity index (χ1n) is 5.70. The van der Waals surface area contributed by atoms with E-state index in [1.54, 1.807) is 25.1 Å². The average molecular weight is 275 g/mol. The maximum atomic E-state index is 11.0. The molecule has 0 amide bonds. The molecule has 0 aliphatic rings. The number of rotatable bonds is 4. The summed E-state index contributed by atoms with van der Waals surface area (Å²) in [6, 6.07) is 5.02. The first-order chi connectivity index (χ1) is 9.61. The van der Waals surface area contributed by atoms with Crippen LogP contribution in [0.1, 0.15) is 11.3 Å². The Bertz CT molecular complexity index is 696. The van der Waals surface area contributed by atoms with Gasteiger partial charge in [-0.05, 0) is 19.1 Å². The lowest BCUT2D eigenvalue weighted by Gasteiger charge is -2.05. The number of H-pyrrole nitrogens is 1. The highest BCUT2D eigenvalue weighted by molar-refractivity contribution is 5.85. The molecule has 3 N–H and O–H groups in total. The van der Waals surface area contributed by atoms with Crippen molar-refractivity contribution in [3.8, 4) is 11.5 Å². The maximum absolute atomic E-state index is 11.0. The predicted molar refractivity (Wildman–Crippen MR) is 73.3 cm³/mol. The van der Waals surface area contributed by atoms with E-state index in [0.29, 0.717) is 17.0 Å². The van der Waals surface area contributed by atoms with Crippen LogP contribution in [-0.2, 0) is 0 Å². The van der Waals surface area contributed by atoms with Gasteiger partial charge in [-0.2, -0.15) is 15.2 Å². The fourth-order valence-corrected chi connectivity index (χ4v) is 1.47. The summed E-state index contributed by atoms with van der Waals surface area (Å²) >= 11 is 0. The number of nitrogens with one attached hydrogen (secondary N) is 2. The van der Waals surface area contributed by atoms with Crippen molar-refractivity contribution < 1.29 is 9.84 Å². The van der Waals surface area contributed by atoms with E-state index >= 15 is 0 Å². The van der Waals surface area contributed by atoms with E-state index < -0.39 is 5.69 Å². The molecule has 0 aliphatic carbocycles. The lowest BCUT2D eigenvalue weighted by atomic mass is 10.2. The third-order valence-electron chi connectivity index (χ3n) is 2.50. The van der Waals surface area contributed by atoms with E-state index in [9.17, 15) is 9.90 Å². The molecule has 20 heavy (non-hydrogen) atoms. The van der Waals surface area contributed by atoms with Crippen molar-refractivity contribution in [2.75, 3.05) is 12.5 Å². The molecule has 0 spiro atoms. The number of aromatic amines is 1. The standard InChI is InChI=1S/C12H13N5O3/c1-7-11(14-12(19)17-15-7)16-13-6-8-4-3-5-9(20-2)10(8)18/h3-6,18H,1-2H3,(H2,14,16,17,19). The largest absolute Gasteiger partial charge is 0.504 e. The van der Waals surface area contributed by atoms with Gasteiger partial charge in [0.2, 0.25) is 0 Å². The van der Waals surface area contributed by atoms with Gasteiger partial charge < -0.3 is 9.84 Å². The Kier molecular flexibility index (Phi) is 3.94. The summed E-state index contributed by atoms with van der Waals surface area (Å²) in [5.41, 5.74) is 2.98. The molecule has 104 valence electrons. The number of hydrazone groups is 1. The lowest BCUT2D eigenvalue weighted by Crippen LogP contribution is -2.15. The highest BCUT2D eigenvalue weighted by Crippen LogP contribution is 2.27. The minimum Gasteiger partial charge on any atom is -0.504 e. The van der Waals surface area contributed by atoms with Crippen molar-refractivity contribution in [3.63, 3.8) is 0 Å². The summed E-state index contributed by atoms with van der Waals surface area (Å²) in [5.74, 6) is 0.572. The Morgan fingerprint density at radius 3 is 3.05 bits per heavy atom. The van der Waals surface area contributed by atoms with Crippen LogP contribution in [0.2, 0.25) is 0 Å². The van der Waals surface area contributed by atoms with Crippen molar-refractivity contribution in [2.45, 2.75) is 6.92 Å². The van der Waals surface area contributed by atoms with Crippen LogP contribution < -0.4 is 15.9 Å². The molecule has 2 rings (SSSR count). The van der Waals surface area contributed by atoms with Crippen molar-refractivity contribution in [3.05, 3.63) is 39.9 Å². The monoisotopic (exact) mass is 275 g/mol. The number of aromatic nitrogens is 3. The molecular formula is C12H13N5O3. The Morgan fingerprint density at radius 1 is 1.50 bits per heavy atom. The van der Waals surface area contributed by atoms with Crippen LogP contribution in [0.15, 0.2) is 28.1 Å². The molecule has 0 bridgehead atoms. The molecule has 2 aromatic rings. The van der Waals surface area contributed by atoms with Gasteiger partial charge in [0.1, 0.15) is 5.69 Å². The van der Waals surface area contributed by atoms with Crippen LogP contribution in [0, 0.1) is 6.92 Å². The third-order valence-corrected chi connectivity index (χ3v) is 2.50. The molecule has 8 heteroatoms. The van der Waals surface area contributed by atoms with Crippen LogP contribution in [0.25, 0.3) is 0 Å². The molecule has 1 aromatic heterocycles. The number of hydrogen-bond donors (Lipinski definition) is 3. The lowest BCUT2D eigenvalue weighted by molar-refractivity contribution is 0.373. The van der Waals surface area contributed by atoms with Crippen LogP contribution in [0.4, 0.5) is 5.82 Å². The van der Waals surface area contributed by atoms with E-state index in [1.807, 2.05) is 0 Å². The van der Waals surface area contributed by atoms with Crippen molar-refractivity contribution in [2.24, 2.45) is 5.10 Å². The molecule has 0 fully saturated rings. The number of para-hydroxylation sites is 1. The van der Waals surface area contributed by atoms with Gasteiger partial charge in [0, 0.05) is 5.56 Å². The Hall–Kier alpha value is -2.90. The zero-order valence-corrected chi connectivity index (χ0v) is 10.9. The zero-order chi connectivity index (χ0) is 14.5. The Labute approximate surface area is 114 Å². The number of methoxy groups -OCH3 is 1. The molecule has 8 nitrogen and oxygen atoms in total. The molecule has 0 radical (unpaired) electrons. The normalized spacial score (nSPS) is 10.7. The number of nitrogens with zero attached hydrogens (tertiary/aromatic N) is 3. The van der Waals surface area contributed by atoms with Gasteiger partial charge in [0.15, 0.2) is 17.3 Å². The maximum Gasteiger partial charge on any atom is 0.363 e. The zero-order valence-electron chi connectivity index (χ0n) is 10.9. The summed E-state index contributed by atoms with van der Waals surface area (Å²) in [4.78, 5) is 14.7. The van der Waals surface area contributed by atoms with E-state index in [-0.39, 0.29) is 11.6 Å². The number of aryl methyl sites for hydroxylation is 1. The van der Waals surface area contributed by atoms with Gasteiger partial charge in [-0.15, -0.1) is 0 Å². The molecule has 0 atom stereocenters. The van der Waals surface area contributed by atoms with E-state index in [4.69, 9.17) is 4.74 Å². The number of ether oxygens (including phenoxy) is 1. The molecular weight excluding hydrogens is 262 g/mol. The van der Waals surface area contributed by atoms with Gasteiger partial charge in [-0.3, -0.25) is 5.43 Å². The van der Waals surface area contributed by atoms with Crippen molar-refractivity contribution in [1.82, 2.24) is 15.2 Å². The van der Waals surface area contributed by atoms with Crippen LogP contribution in [-0.4, -0.2) is 33.6 Å². The smallest absolute Gasteiger partial charge is 0.363 e. The number of hydrogen-bond acceptors (Lipinski definition) is 7. The molecule has 0 unspecified atom stereocenters. The van der Waals surface area contributed by atoms with Crippen LogP contribution in [0.3, 0.4) is 0 Å². The average Bonchev–Trinajstić information content (AvgIpc) is 2.44. The molecule has 0 saturated carbocycles. The third kappa shape index (κ3) is 2.91. The quantitative estimate of drug-likeness (QED) is 0.557.